The first-order valence-corrected chi connectivity index (χ1v) is 11.2. The molecular formula is C26H26N4O6. The molecule has 0 aliphatic carbocycles. The highest BCUT2D eigenvalue weighted by molar-refractivity contribution is 6.06. The SMILES string of the molecule is CCCCc1ccc(N2C(N)=C(C#N)C(c3ccccc3)C(C(=O)OC)=C2C(=O)OC)c([N+](=O)[O-])c1. The van der Waals surface area contributed by atoms with Crippen LogP contribution in [-0.2, 0) is 25.5 Å². The third kappa shape index (κ3) is 4.77. The van der Waals surface area contributed by atoms with Gasteiger partial charge in [-0.15, -0.1) is 0 Å². The van der Waals surface area contributed by atoms with Gasteiger partial charge in [0.15, 0.2) is 0 Å². The van der Waals surface area contributed by atoms with E-state index >= 15 is 0 Å². The van der Waals surface area contributed by atoms with Crippen molar-refractivity contribution in [3.05, 3.63) is 92.4 Å². The maximum Gasteiger partial charge on any atom is 0.355 e. The summed E-state index contributed by atoms with van der Waals surface area (Å²) >= 11 is 0. The largest absolute Gasteiger partial charge is 0.466 e. The van der Waals surface area contributed by atoms with Crippen molar-refractivity contribution in [2.45, 2.75) is 32.1 Å². The smallest absolute Gasteiger partial charge is 0.355 e. The summed E-state index contributed by atoms with van der Waals surface area (Å²) in [7, 11) is 2.25. The lowest BCUT2D eigenvalue weighted by atomic mass is 9.81. The van der Waals surface area contributed by atoms with E-state index in [-0.39, 0.29) is 34.0 Å². The first kappa shape index (κ1) is 26.0. The molecule has 2 N–H and O–H groups in total. The van der Waals surface area contributed by atoms with Crippen molar-refractivity contribution in [2.75, 3.05) is 19.1 Å². The van der Waals surface area contributed by atoms with E-state index in [2.05, 4.69) is 0 Å². The van der Waals surface area contributed by atoms with Crippen molar-refractivity contribution in [3.63, 3.8) is 0 Å². The minimum Gasteiger partial charge on any atom is -0.466 e. The van der Waals surface area contributed by atoms with Gasteiger partial charge in [-0.3, -0.25) is 15.0 Å². The van der Waals surface area contributed by atoms with Crippen LogP contribution in [0.1, 0.15) is 36.8 Å². The highest BCUT2D eigenvalue weighted by Crippen LogP contribution is 2.45. The molecule has 0 fully saturated rings. The quantitative estimate of drug-likeness (QED) is 0.331. The van der Waals surface area contributed by atoms with E-state index in [0.29, 0.717) is 12.0 Å². The van der Waals surface area contributed by atoms with Gasteiger partial charge < -0.3 is 15.2 Å². The van der Waals surface area contributed by atoms with Gasteiger partial charge >= 0.3 is 11.9 Å². The van der Waals surface area contributed by atoms with Gasteiger partial charge in [0.05, 0.1) is 42.3 Å². The van der Waals surface area contributed by atoms with E-state index < -0.39 is 22.8 Å². The van der Waals surface area contributed by atoms with Crippen LogP contribution < -0.4 is 10.6 Å². The van der Waals surface area contributed by atoms with Crippen LogP contribution >= 0.6 is 0 Å². The van der Waals surface area contributed by atoms with Crippen LogP contribution in [0.15, 0.2) is 71.2 Å². The number of unbranched alkanes of at least 4 members (excludes halogenated alkanes) is 1. The van der Waals surface area contributed by atoms with E-state index in [1.54, 1.807) is 36.4 Å². The number of esters is 2. The molecule has 1 aliphatic rings. The second kappa shape index (κ2) is 11.2. The molecule has 0 amide bonds. The molecule has 36 heavy (non-hydrogen) atoms. The minimum absolute atomic E-state index is 0.0707. The number of nitro benzene ring substituents is 1. The highest BCUT2D eigenvalue weighted by Gasteiger charge is 2.44. The molecule has 1 aliphatic heterocycles. The Hall–Kier alpha value is -4.65. The second-order valence-corrected chi connectivity index (χ2v) is 8.02. The van der Waals surface area contributed by atoms with Gasteiger partial charge in [-0.1, -0.05) is 49.7 Å². The van der Waals surface area contributed by atoms with Gasteiger partial charge in [-0.25, -0.2) is 9.59 Å². The zero-order valence-electron chi connectivity index (χ0n) is 20.2. The molecule has 2 aromatic rings. The number of benzene rings is 2. The lowest BCUT2D eigenvalue weighted by molar-refractivity contribution is -0.384. The number of nitro groups is 1. The zero-order chi connectivity index (χ0) is 26.4. The van der Waals surface area contributed by atoms with E-state index in [1.807, 2.05) is 13.0 Å². The van der Waals surface area contributed by atoms with Crippen LogP contribution in [0.3, 0.4) is 0 Å². The highest BCUT2D eigenvalue weighted by atomic mass is 16.6. The van der Waals surface area contributed by atoms with Gasteiger partial charge in [0, 0.05) is 6.07 Å². The molecule has 0 radical (unpaired) electrons. The van der Waals surface area contributed by atoms with Crippen LogP contribution in [0.2, 0.25) is 0 Å². The fourth-order valence-corrected chi connectivity index (χ4v) is 4.20. The number of allylic oxidation sites excluding steroid dienone is 1. The maximum atomic E-state index is 13.1. The second-order valence-electron chi connectivity index (χ2n) is 8.02. The lowest BCUT2D eigenvalue weighted by Gasteiger charge is -2.35. The predicted molar refractivity (Wildman–Crippen MR) is 131 cm³/mol. The van der Waals surface area contributed by atoms with Gasteiger partial charge in [-0.05, 0) is 30.0 Å². The molecular weight excluding hydrogens is 464 g/mol. The van der Waals surface area contributed by atoms with Gasteiger partial charge in [0.25, 0.3) is 5.69 Å². The van der Waals surface area contributed by atoms with Gasteiger partial charge in [0.2, 0.25) is 0 Å². The lowest BCUT2D eigenvalue weighted by Crippen LogP contribution is -2.41. The summed E-state index contributed by atoms with van der Waals surface area (Å²) in [6, 6.07) is 15.1. The summed E-state index contributed by atoms with van der Waals surface area (Å²) < 4.78 is 9.95. The molecule has 1 unspecified atom stereocenters. The number of ether oxygens (including phenoxy) is 2. The molecule has 186 valence electrons. The summed E-state index contributed by atoms with van der Waals surface area (Å²) in [5.74, 6) is -3.17. The first-order valence-electron chi connectivity index (χ1n) is 11.2. The van der Waals surface area contributed by atoms with E-state index in [4.69, 9.17) is 15.2 Å². The van der Waals surface area contributed by atoms with Crippen LogP contribution in [0.25, 0.3) is 0 Å². The molecule has 0 aromatic heterocycles. The third-order valence-corrected chi connectivity index (χ3v) is 5.91. The minimum atomic E-state index is -1.06. The normalized spacial score (nSPS) is 15.4. The summed E-state index contributed by atoms with van der Waals surface area (Å²) in [5, 5.41) is 22.2. The molecule has 0 bridgehead atoms. The van der Waals surface area contributed by atoms with Crippen molar-refractivity contribution in [2.24, 2.45) is 5.73 Å². The van der Waals surface area contributed by atoms with Crippen molar-refractivity contribution in [1.82, 2.24) is 0 Å². The number of carbonyl (C=O) groups excluding carboxylic acids is 2. The topological polar surface area (TPSA) is 149 Å². The number of nitrogens with two attached hydrogens (primary N) is 1. The summed E-state index contributed by atoms with van der Waals surface area (Å²) in [4.78, 5) is 38.8. The Morgan fingerprint density at radius 3 is 2.36 bits per heavy atom. The number of rotatable bonds is 8. The number of carbonyl (C=O) groups is 2. The molecule has 1 heterocycles. The number of anilines is 1. The van der Waals surface area contributed by atoms with E-state index in [0.717, 1.165) is 37.5 Å². The molecule has 0 saturated heterocycles. The number of nitrogens with zero attached hydrogens (tertiary/aromatic N) is 3. The Morgan fingerprint density at radius 2 is 1.81 bits per heavy atom. The number of methoxy groups -OCH3 is 2. The van der Waals surface area contributed by atoms with Crippen LogP contribution in [-0.4, -0.2) is 31.1 Å². The zero-order valence-corrected chi connectivity index (χ0v) is 20.2. The number of hydrogen-bond acceptors (Lipinski definition) is 9. The molecule has 1 atom stereocenters. The van der Waals surface area contributed by atoms with Crippen LogP contribution in [0, 0.1) is 21.4 Å². The molecule has 3 rings (SSSR count). The van der Waals surface area contributed by atoms with Crippen LogP contribution in [0.4, 0.5) is 11.4 Å². The van der Waals surface area contributed by atoms with E-state index in [9.17, 15) is 25.0 Å². The fraction of sp³-hybridized carbons (Fsp3) is 0.269. The predicted octanol–water partition coefficient (Wildman–Crippen LogP) is 3.84. The monoisotopic (exact) mass is 490 g/mol. The number of nitriles is 1. The Kier molecular flexibility index (Phi) is 8.07. The van der Waals surface area contributed by atoms with Gasteiger partial charge in [0.1, 0.15) is 17.2 Å². The Labute approximate surface area is 208 Å². The molecule has 10 heteroatoms. The van der Waals surface area contributed by atoms with E-state index in [1.165, 1.54) is 12.1 Å². The Balaban J connectivity index is 2.40. The standard InChI is InChI=1S/C26H26N4O6/c1-4-5-9-16-12-13-19(20(14-16)30(33)34)29-23(26(32)36-3)22(25(31)35-2)21(18(15-27)24(29)28)17-10-7-6-8-11-17/h6-8,10-14,21H,4-5,9,28H2,1-3H3. The average molecular weight is 491 g/mol. The average Bonchev–Trinajstić information content (AvgIpc) is 2.90. The van der Waals surface area contributed by atoms with Crippen LogP contribution in [0.5, 0.6) is 0 Å². The summed E-state index contributed by atoms with van der Waals surface area (Å²) in [6.45, 7) is 2.01. The van der Waals surface area contributed by atoms with Crippen molar-refractivity contribution in [3.8, 4) is 6.07 Å². The van der Waals surface area contributed by atoms with Gasteiger partial charge in [-0.2, -0.15) is 5.26 Å². The number of hydrogen-bond donors (Lipinski definition) is 1. The first-order chi connectivity index (χ1) is 17.3. The van der Waals surface area contributed by atoms with Crippen molar-refractivity contribution in [1.29, 1.82) is 5.26 Å². The fourth-order valence-electron chi connectivity index (χ4n) is 4.20. The molecule has 0 saturated carbocycles. The van der Waals surface area contributed by atoms with Crippen molar-refractivity contribution < 1.29 is 24.0 Å². The Morgan fingerprint density at radius 1 is 1.14 bits per heavy atom. The number of aryl methyl sites for hydroxylation is 1. The Bertz CT molecular complexity index is 1290. The molecule has 2 aromatic carbocycles. The maximum absolute atomic E-state index is 13.1. The molecule has 0 spiro atoms. The van der Waals surface area contributed by atoms with Crippen molar-refractivity contribution >= 4 is 23.3 Å². The summed E-state index contributed by atoms with van der Waals surface area (Å²) in [5.41, 5.74) is 6.59. The third-order valence-electron chi connectivity index (χ3n) is 5.91. The summed E-state index contributed by atoms with van der Waals surface area (Å²) in [6.07, 6.45) is 2.36. The molecule has 10 nitrogen and oxygen atoms in total.